The summed E-state index contributed by atoms with van der Waals surface area (Å²) in [4.78, 5) is 0. The number of aryl methyl sites for hydroxylation is 2. The molecule has 0 saturated heterocycles. The van der Waals surface area contributed by atoms with Crippen molar-refractivity contribution in [3.8, 4) is 11.1 Å². The van der Waals surface area contributed by atoms with Crippen LogP contribution in [-0.4, -0.2) is 9.78 Å². The van der Waals surface area contributed by atoms with Crippen molar-refractivity contribution in [3.05, 3.63) is 41.2 Å². The van der Waals surface area contributed by atoms with Gasteiger partial charge in [-0.25, -0.2) is 0 Å². The maximum atomic E-state index is 6.12. The Morgan fingerprint density at radius 1 is 1.27 bits per heavy atom. The van der Waals surface area contributed by atoms with Crippen LogP contribution in [0.3, 0.4) is 0 Å². The topological polar surface area (TPSA) is 17.8 Å². The zero-order chi connectivity index (χ0) is 10.8. The summed E-state index contributed by atoms with van der Waals surface area (Å²) >= 11 is 6.12. The fourth-order valence-electron chi connectivity index (χ4n) is 1.54. The number of rotatable bonds is 2. The normalized spacial score (nSPS) is 10.6. The summed E-state index contributed by atoms with van der Waals surface area (Å²) in [5, 5.41) is 4.80. The third-order valence-corrected chi connectivity index (χ3v) is 2.99. The van der Waals surface area contributed by atoms with E-state index >= 15 is 0 Å². The molecule has 0 atom stereocenters. The quantitative estimate of drug-likeness (QED) is 0.760. The van der Waals surface area contributed by atoms with Gasteiger partial charge in [0.15, 0.2) is 0 Å². The average Bonchev–Trinajstić information content (AvgIpc) is 2.60. The first-order valence-corrected chi connectivity index (χ1v) is 5.37. The molecule has 0 fully saturated rings. The van der Waals surface area contributed by atoms with E-state index in [1.54, 1.807) is 10.9 Å². The van der Waals surface area contributed by atoms with E-state index in [-0.39, 0.29) is 0 Å². The first-order valence-electron chi connectivity index (χ1n) is 4.99. The van der Waals surface area contributed by atoms with Crippen molar-refractivity contribution in [2.75, 3.05) is 0 Å². The predicted molar refractivity (Wildman–Crippen MR) is 63.0 cm³/mol. The third-order valence-electron chi connectivity index (χ3n) is 2.54. The van der Waals surface area contributed by atoms with Crippen LogP contribution < -0.4 is 0 Å². The van der Waals surface area contributed by atoms with E-state index in [0.717, 1.165) is 17.5 Å². The maximum absolute atomic E-state index is 6.12. The number of hydrogen-bond donors (Lipinski definition) is 0. The van der Waals surface area contributed by atoms with Crippen LogP contribution in [0.5, 0.6) is 0 Å². The highest BCUT2D eigenvalue weighted by Crippen LogP contribution is 2.27. The second-order valence-corrected chi connectivity index (χ2v) is 3.88. The van der Waals surface area contributed by atoms with Crippen molar-refractivity contribution < 1.29 is 0 Å². The van der Waals surface area contributed by atoms with E-state index < -0.39 is 0 Å². The average molecular weight is 221 g/mol. The van der Waals surface area contributed by atoms with Gasteiger partial charge in [0.25, 0.3) is 0 Å². The summed E-state index contributed by atoms with van der Waals surface area (Å²) in [6, 6.07) is 8.42. The molecule has 1 aromatic heterocycles. The molecule has 78 valence electrons. The molecule has 0 spiro atoms. The van der Waals surface area contributed by atoms with Gasteiger partial charge in [-0.15, -0.1) is 0 Å². The lowest BCUT2D eigenvalue weighted by molar-refractivity contribution is 0.769. The lowest BCUT2D eigenvalue weighted by Gasteiger charge is -2.01. The van der Waals surface area contributed by atoms with Crippen molar-refractivity contribution in [3.63, 3.8) is 0 Å². The molecule has 1 aromatic carbocycles. The van der Waals surface area contributed by atoms with Crippen LogP contribution in [0.15, 0.2) is 30.5 Å². The summed E-state index contributed by atoms with van der Waals surface area (Å²) in [6.45, 7) is 2.14. The summed E-state index contributed by atoms with van der Waals surface area (Å²) in [7, 11) is 1.84. The molecule has 0 radical (unpaired) electrons. The lowest BCUT2D eigenvalue weighted by Crippen LogP contribution is -1.88. The molecule has 3 heteroatoms. The Hall–Kier alpha value is -1.28. The highest BCUT2D eigenvalue weighted by Gasteiger charge is 2.07. The maximum Gasteiger partial charge on any atom is 0.134 e. The van der Waals surface area contributed by atoms with E-state index in [1.807, 2.05) is 7.05 Å². The number of hydrogen-bond acceptors (Lipinski definition) is 1. The van der Waals surface area contributed by atoms with Gasteiger partial charge in [0, 0.05) is 12.6 Å². The third kappa shape index (κ3) is 1.90. The van der Waals surface area contributed by atoms with Gasteiger partial charge >= 0.3 is 0 Å². The minimum atomic E-state index is 0.680. The first-order chi connectivity index (χ1) is 7.22. The van der Waals surface area contributed by atoms with Crippen molar-refractivity contribution in [2.45, 2.75) is 13.3 Å². The molecule has 0 saturated carbocycles. The van der Waals surface area contributed by atoms with Crippen LogP contribution in [0, 0.1) is 0 Å². The molecule has 0 N–H and O–H groups in total. The molecule has 0 aliphatic heterocycles. The molecule has 2 aromatic rings. The predicted octanol–water partition coefficient (Wildman–Crippen LogP) is 3.30. The van der Waals surface area contributed by atoms with Crippen molar-refractivity contribution in [2.24, 2.45) is 7.05 Å². The van der Waals surface area contributed by atoms with Gasteiger partial charge in [0.2, 0.25) is 0 Å². The summed E-state index contributed by atoms with van der Waals surface area (Å²) in [5.74, 6) is 0. The second-order valence-electron chi connectivity index (χ2n) is 3.52. The smallest absolute Gasteiger partial charge is 0.134 e. The highest BCUT2D eigenvalue weighted by molar-refractivity contribution is 6.32. The van der Waals surface area contributed by atoms with E-state index in [0.29, 0.717) is 5.15 Å². The fourth-order valence-corrected chi connectivity index (χ4v) is 1.74. The number of halogens is 1. The highest BCUT2D eigenvalue weighted by atomic mass is 35.5. The van der Waals surface area contributed by atoms with Crippen LogP contribution in [0.4, 0.5) is 0 Å². The Balaban J connectivity index is 2.41. The largest absolute Gasteiger partial charge is 0.256 e. The van der Waals surface area contributed by atoms with Crippen LogP contribution in [0.25, 0.3) is 11.1 Å². The molecular weight excluding hydrogens is 208 g/mol. The Morgan fingerprint density at radius 3 is 2.40 bits per heavy atom. The molecule has 0 bridgehead atoms. The zero-order valence-corrected chi connectivity index (χ0v) is 9.62. The van der Waals surface area contributed by atoms with E-state index in [4.69, 9.17) is 11.6 Å². The molecule has 2 nitrogen and oxygen atoms in total. The summed E-state index contributed by atoms with van der Waals surface area (Å²) in [6.07, 6.45) is 2.85. The monoisotopic (exact) mass is 220 g/mol. The van der Waals surface area contributed by atoms with Crippen molar-refractivity contribution >= 4 is 11.6 Å². The summed E-state index contributed by atoms with van der Waals surface area (Å²) < 4.78 is 1.67. The molecular formula is C12H13ClN2. The van der Waals surface area contributed by atoms with E-state index in [2.05, 4.69) is 36.3 Å². The number of aromatic nitrogens is 2. The minimum absolute atomic E-state index is 0.680. The SMILES string of the molecule is CCc1ccc(-c2cnn(C)c2Cl)cc1. The standard InChI is InChI=1S/C12H13ClN2/c1-3-9-4-6-10(7-5-9)11-8-14-15(2)12(11)13/h4-8H,3H2,1-2H3. The van der Waals surface area contributed by atoms with Crippen LogP contribution in [0.1, 0.15) is 12.5 Å². The van der Waals surface area contributed by atoms with Crippen LogP contribution in [0.2, 0.25) is 5.15 Å². The van der Waals surface area contributed by atoms with Gasteiger partial charge in [-0.2, -0.15) is 5.10 Å². The molecule has 15 heavy (non-hydrogen) atoms. The van der Waals surface area contributed by atoms with Gasteiger partial charge < -0.3 is 0 Å². The fraction of sp³-hybridized carbons (Fsp3) is 0.250. The van der Waals surface area contributed by atoms with Gasteiger partial charge in [0.1, 0.15) is 5.15 Å². The van der Waals surface area contributed by atoms with Crippen molar-refractivity contribution in [1.29, 1.82) is 0 Å². The lowest BCUT2D eigenvalue weighted by atomic mass is 10.1. The molecule has 2 rings (SSSR count). The Morgan fingerprint density at radius 2 is 1.93 bits per heavy atom. The molecule has 0 unspecified atom stereocenters. The molecule has 1 heterocycles. The van der Waals surface area contributed by atoms with Gasteiger partial charge in [-0.3, -0.25) is 4.68 Å². The number of nitrogens with zero attached hydrogens (tertiary/aromatic N) is 2. The van der Waals surface area contributed by atoms with Crippen LogP contribution >= 0.6 is 11.6 Å². The van der Waals surface area contributed by atoms with Crippen LogP contribution in [-0.2, 0) is 13.5 Å². The second kappa shape index (κ2) is 4.07. The molecule has 0 aliphatic rings. The first kappa shape index (κ1) is 10.2. The van der Waals surface area contributed by atoms with Crippen molar-refractivity contribution in [1.82, 2.24) is 9.78 Å². The zero-order valence-electron chi connectivity index (χ0n) is 8.87. The minimum Gasteiger partial charge on any atom is -0.256 e. The van der Waals surface area contributed by atoms with Gasteiger partial charge in [-0.1, -0.05) is 42.8 Å². The molecule has 0 aliphatic carbocycles. The van der Waals surface area contributed by atoms with Gasteiger partial charge in [-0.05, 0) is 17.5 Å². The van der Waals surface area contributed by atoms with Gasteiger partial charge in [0.05, 0.1) is 6.20 Å². The van der Waals surface area contributed by atoms with E-state index in [1.165, 1.54) is 5.56 Å². The Bertz CT molecular complexity index is 457. The summed E-state index contributed by atoms with van der Waals surface area (Å²) in [5.41, 5.74) is 3.44. The van der Waals surface area contributed by atoms with E-state index in [9.17, 15) is 0 Å². The number of benzene rings is 1. The Kier molecular flexibility index (Phi) is 2.78. The molecule has 0 amide bonds. The Labute approximate surface area is 94.5 Å².